The second kappa shape index (κ2) is 6.30. The van der Waals surface area contributed by atoms with E-state index in [9.17, 15) is 4.79 Å². The summed E-state index contributed by atoms with van der Waals surface area (Å²) in [6.45, 7) is 2.94. The Bertz CT molecular complexity index is 207. The number of rotatable bonds is 5. The fourth-order valence-corrected chi connectivity index (χ4v) is 2.03. The Morgan fingerprint density at radius 1 is 1.60 bits per heavy atom. The summed E-state index contributed by atoms with van der Waals surface area (Å²) in [7, 11) is 1.91. The summed E-state index contributed by atoms with van der Waals surface area (Å²) in [5, 5.41) is 7.85. The van der Waals surface area contributed by atoms with Gasteiger partial charge in [-0.3, -0.25) is 4.79 Å². The summed E-state index contributed by atoms with van der Waals surface area (Å²) >= 11 is 5.66. The summed E-state index contributed by atoms with van der Waals surface area (Å²) in [5.41, 5.74) is 0. The van der Waals surface area contributed by atoms with E-state index in [-0.39, 0.29) is 0 Å². The molecule has 0 bridgehead atoms. The Kier molecular flexibility index (Phi) is 5.36. The Labute approximate surface area is 95.2 Å². The molecule has 0 aliphatic carbocycles. The van der Waals surface area contributed by atoms with E-state index in [1.165, 1.54) is 0 Å². The molecule has 88 valence electrons. The highest BCUT2D eigenvalue weighted by Crippen LogP contribution is 2.15. The van der Waals surface area contributed by atoms with Crippen LogP contribution in [0.15, 0.2) is 0 Å². The van der Waals surface area contributed by atoms with Crippen molar-refractivity contribution in [2.45, 2.75) is 18.2 Å². The molecule has 1 rings (SSSR count). The van der Waals surface area contributed by atoms with Gasteiger partial charge in [-0.05, 0) is 25.8 Å². The second-order valence-electron chi connectivity index (χ2n) is 4.08. The van der Waals surface area contributed by atoms with Crippen LogP contribution in [0.4, 0.5) is 0 Å². The van der Waals surface area contributed by atoms with Crippen LogP contribution in [-0.4, -0.2) is 54.7 Å². The molecule has 0 aromatic rings. The van der Waals surface area contributed by atoms with E-state index in [1.54, 1.807) is 0 Å². The molecule has 5 heteroatoms. The maximum absolute atomic E-state index is 10.5. The van der Waals surface area contributed by atoms with Crippen molar-refractivity contribution < 1.29 is 14.6 Å². The van der Waals surface area contributed by atoms with Gasteiger partial charge in [0, 0.05) is 26.3 Å². The van der Waals surface area contributed by atoms with Crippen molar-refractivity contribution in [3.63, 3.8) is 0 Å². The van der Waals surface area contributed by atoms with Gasteiger partial charge < -0.3 is 14.7 Å². The summed E-state index contributed by atoms with van der Waals surface area (Å²) in [6, 6.07) is 0. The first-order chi connectivity index (χ1) is 7.09. The van der Waals surface area contributed by atoms with Gasteiger partial charge in [-0.2, -0.15) is 0 Å². The molecule has 0 aromatic heterocycles. The zero-order valence-electron chi connectivity index (χ0n) is 8.99. The van der Waals surface area contributed by atoms with Crippen molar-refractivity contribution in [3.05, 3.63) is 0 Å². The molecule has 1 saturated heterocycles. The molecular weight excluding hydrogens is 218 g/mol. The van der Waals surface area contributed by atoms with Gasteiger partial charge in [-0.25, -0.2) is 0 Å². The molecule has 1 atom stereocenters. The Morgan fingerprint density at radius 2 is 2.20 bits per heavy atom. The van der Waals surface area contributed by atoms with Crippen LogP contribution in [0, 0.1) is 5.92 Å². The normalized spacial score (nSPS) is 20.5. The molecule has 0 spiro atoms. The van der Waals surface area contributed by atoms with E-state index in [4.69, 9.17) is 21.4 Å². The molecule has 1 aliphatic heterocycles. The molecule has 1 unspecified atom stereocenters. The van der Waals surface area contributed by atoms with Gasteiger partial charge in [-0.15, -0.1) is 11.6 Å². The number of carboxylic acid groups (broad SMARTS) is 1. The molecule has 1 aliphatic rings. The van der Waals surface area contributed by atoms with Crippen molar-refractivity contribution in [2.75, 3.05) is 33.4 Å². The van der Waals surface area contributed by atoms with Gasteiger partial charge in [-0.1, -0.05) is 0 Å². The largest absolute Gasteiger partial charge is 0.480 e. The fraction of sp³-hybridized carbons (Fsp3) is 0.900. The molecule has 0 amide bonds. The highest BCUT2D eigenvalue weighted by molar-refractivity contribution is 6.29. The van der Waals surface area contributed by atoms with E-state index in [0.29, 0.717) is 12.5 Å². The number of hydrogen-bond donors (Lipinski definition) is 1. The van der Waals surface area contributed by atoms with Crippen molar-refractivity contribution in [3.8, 4) is 0 Å². The van der Waals surface area contributed by atoms with E-state index >= 15 is 0 Å². The topological polar surface area (TPSA) is 49.8 Å². The monoisotopic (exact) mass is 235 g/mol. The fourth-order valence-electron chi connectivity index (χ4n) is 1.80. The lowest BCUT2D eigenvalue weighted by Gasteiger charge is -2.27. The van der Waals surface area contributed by atoms with Gasteiger partial charge in [0.05, 0.1) is 0 Å². The molecule has 0 radical (unpaired) electrons. The maximum Gasteiger partial charge on any atom is 0.322 e. The van der Waals surface area contributed by atoms with Crippen LogP contribution in [0.1, 0.15) is 12.8 Å². The predicted octanol–water partition coefficient (Wildman–Crippen LogP) is 1.04. The van der Waals surface area contributed by atoms with Gasteiger partial charge in [0.25, 0.3) is 0 Å². The number of nitrogens with zero attached hydrogens (tertiary/aromatic N) is 1. The first kappa shape index (κ1) is 12.7. The average molecular weight is 236 g/mol. The lowest BCUT2D eigenvalue weighted by molar-refractivity contribution is -0.136. The minimum Gasteiger partial charge on any atom is -0.480 e. The smallest absolute Gasteiger partial charge is 0.322 e. The molecule has 4 nitrogen and oxygen atoms in total. The van der Waals surface area contributed by atoms with Crippen LogP contribution in [-0.2, 0) is 9.53 Å². The van der Waals surface area contributed by atoms with E-state index in [1.807, 2.05) is 11.9 Å². The van der Waals surface area contributed by atoms with Gasteiger partial charge in [0.15, 0.2) is 0 Å². The SMILES string of the molecule is CN(CC1CCOCC1)CC(Cl)C(=O)O. The van der Waals surface area contributed by atoms with Crippen LogP contribution in [0.3, 0.4) is 0 Å². The van der Waals surface area contributed by atoms with E-state index in [0.717, 1.165) is 32.6 Å². The standard InChI is InChI=1S/C10H18ClNO3/c1-12(7-9(11)10(13)14)6-8-2-4-15-5-3-8/h8-9H,2-7H2,1H3,(H,13,14). The third-order valence-electron chi connectivity index (χ3n) is 2.65. The number of carbonyl (C=O) groups is 1. The van der Waals surface area contributed by atoms with Crippen LogP contribution >= 0.6 is 11.6 Å². The van der Waals surface area contributed by atoms with Crippen LogP contribution < -0.4 is 0 Å². The molecule has 1 heterocycles. The summed E-state index contributed by atoms with van der Waals surface area (Å²) in [4.78, 5) is 12.5. The number of ether oxygens (including phenoxy) is 1. The minimum absolute atomic E-state index is 0.397. The number of hydrogen-bond acceptors (Lipinski definition) is 3. The lowest BCUT2D eigenvalue weighted by Crippen LogP contribution is -2.35. The summed E-state index contributed by atoms with van der Waals surface area (Å²) in [6.07, 6.45) is 2.12. The lowest BCUT2D eigenvalue weighted by atomic mass is 10.00. The highest BCUT2D eigenvalue weighted by atomic mass is 35.5. The van der Waals surface area contributed by atoms with Crippen molar-refractivity contribution >= 4 is 17.6 Å². The molecule has 0 saturated carbocycles. The van der Waals surface area contributed by atoms with Crippen LogP contribution in [0.5, 0.6) is 0 Å². The molecule has 1 fully saturated rings. The van der Waals surface area contributed by atoms with Gasteiger partial charge >= 0.3 is 5.97 Å². The molecule has 15 heavy (non-hydrogen) atoms. The second-order valence-corrected chi connectivity index (χ2v) is 4.61. The highest BCUT2D eigenvalue weighted by Gasteiger charge is 2.20. The Balaban J connectivity index is 2.22. The minimum atomic E-state index is -0.949. The van der Waals surface area contributed by atoms with E-state index in [2.05, 4.69) is 0 Å². The average Bonchev–Trinajstić information content (AvgIpc) is 2.18. The van der Waals surface area contributed by atoms with Gasteiger partial charge in [0.1, 0.15) is 5.38 Å². The van der Waals surface area contributed by atoms with Gasteiger partial charge in [0.2, 0.25) is 0 Å². The first-order valence-electron chi connectivity index (χ1n) is 5.22. The Hall–Kier alpha value is -0.320. The van der Waals surface area contributed by atoms with Crippen LogP contribution in [0.25, 0.3) is 0 Å². The first-order valence-corrected chi connectivity index (χ1v) is 5.66. The number of alkyl halides is 1. The third kappa shape index (κ3) is 4.82. The van der Waals surface area contributed by atoms with Crippen molar-refractivity contribution in [2.24, 2.45) is 5.92 Å². The summed E-state index contributed by atoms with van der Waals surface area (Å²) in [5.74, 6) is -0.336. The van der Waals surface area contributed by atoms with Crippen molar-refractivity contribution in [1.29, 1.82) is 0 Å². The zero-order valence-corrected chi connectivity index (χ0v) is 9.74. The Morgan fingerprint density at radius 3 is 2.73 bits per heavy atom. The number of halogens is 1. The zero-order chi connectivity index (χ0) is 11.3. The van der Waals surface area contributed by atoms with Crippen LogP contribution in [0.2, 0.25) is 0 Å². The third-order valence-corrected chi connectivity index (χ3v) is 2.98. The summed E-state index contributed by atoms with van der Waals surface area (Å²) < 4.78 is 5.26. The molecular formula is C10H18ClNO3. The number of carboxylic acids is 1. The van der Waals surface area contributed by atoms with Crippen molar-refractivity contribution in [1.82, 2.24) is 4.90 Å². The number of aliphatic carboxylic acids is 1. The predicted molar refractivity (Wildman–Crippen MR) is 58.3 cm³/mol. The molecule has 0 aromatic carbocycles. The quantitative estimate of drug-likeness (QED) is 0.724. The maximum atomic E-state index is 10.5. The molecule has 1 N–H and O–H groups in total. The van der Waals surface area contributed by atoms with E-state index < -0.39 is 11.3 Å².